The summed E-state index contributed by atoms with van der Waals surface area (Å²) in [7, 11) is 1.82. The third-order valence-electron chi connectivity index (χ3n) is 4.63. The number of piperidine rings is 1. The number of nitrogens with zero attached hydrogens (tertiary/aromatic N) is 2. The number of guanidine groups is 1. The highest BCUT2D eigenvalue weighted by atomic mass is 127. The van der Waals surface area contributed by atoms with Gasteiger partial charge in [0.15, 0.2) is 5.96 Å². The Kier molecular flexibility index (Phi) is 8.28. The molecule has 1 aliphatic heterocycles. The van der Waals surface area contributed by atoms with E-state index in [1.54, 1.807) is 6.26 Å². The van der Waals surface area contributed by atoms with Crippen molar-refractivity contribution in [2.45, 2.75) is 32.2 Å². The number of anilines is 1. The van der Waals surface area contributed by atoms with Gasteiger partial charge in [0.1, 0.15) is 5.76 Å². The minimum atomic E-state index is 0. The molecule has 2 aromatic rings. The zero-order chi connectivity index (χ0) is 17.5. The number of halogens is 1. The fourth-order valence-corrected chi connectivity index (χ4v) is 3.23. The van der Waals surface area contributed by atoms with Crippen molar-refractivity contribution in [1.82, 2.24) is 10.6 Å². The first-order valence-electron chi connectivity index (χ1n) is 9.06. The van der Waals surface area contributed by atoms with Crippen LogP contribution in [0, 0.1) is 6.92 Å². The van der Waals surface area contributed by atoms with Crippen LogP contribution in [0.2, 0.25) is 0 Å². The molecule has 3 rings (SSSR count). The number of hydrogen-bond acceptors (Lipinski definition) is 3. The number of nitrogens with one attached hydrogen (secondary N) is 2. The van der Waals surface area contributed by atoms with E-state index in [-0.39, 0.29) is 24.0 Å². The van der Waals surface area contributed by atoms with E-state index >= 15 is 0 Å². The van der Waals surface area contributed by atoms with E-state index in [0.717, 1.165) is 37.8 Å². The van der Waals surface area contributed by atoms with Crippen LogP contribution >= 0.6 is 24.0 Å². The second kappa shape index (κ2) is 10.4. The summed E-state index contributed by atoms with van der Waals surface area (Å²) >= 11 is 0. The minimum absolute atomic E-state index is 0. The van der Waals surface area contributed by atoms with Gasteiger partial charge in [0.2, 0.25) is 0 Å². The van der Waals surface area contributed by atoms with Gasteiger partial charge in [-0.3, -0.25) is 4.99 Å². The second-order valence-electron chi connectivity index (χ2n) is 6.59. The van der Waals surface area contributed by atoms with Crippen molar-refractivity contribution in [3.8, 4) is 0 Å². The predicted octanol–water partition coefficient (Wildman–Crippen LogP) is 3.58. The van der Waals surface area contributed by atoms with E-state index < -0.39 is 0 Å². The predicted molar refractivity (Wildman–Crippen MR) is 119 cm³/mol. The highest BCUT2D eigenvalue weighted by Gasteiger charge is 2.20. The quantitative estimate of drug-likeness (QED) is 0.400. The summed E-state index contributed by atoms with van der Waals surface area (Å²) in [6.45, 7) is 5.05. The van der Waals surface area contributed by atoms with Crippen LogP contribution in [0.25, 0.3) is 0 Å². The number of benzene rings is 1. The highest BCUT2D eigenvalue weighted by Crippen LogP contribution is 2.20. The molecular formula is C20H29IN4O. The number of furan rings is 1. The molecule has 1 aliphatic rings. The molecule has 2 heterocycles. The van der Waals surface area contributed by atoms with Crippen LogP contribution in [-0.4, -0.2) is 38.7 Å². The number of hydrogen-bond donors (Lipinski definition) is 2. The molecule has 0 saturated carbocycles. The zero-order valence-corrected chi connectivity index (χ0v) is 17.9. The van der Waals surface area contributed by atoms with Crippen LogP contribution in [0.1, 0.15) is 24.2 Å². The van der Waals surface area contributed by atoms with E-state index in [1.807, 2.05) is 19.2 Å². The zero-order valence-electron chi connectivity index (χ0n) is 15.6. The largest absolute Gasteiger partial charge is 0.469 e. The first kappa shape index (κ1) is 20.6. The molecule has 1 unspecified atom stereocenters. The number of aliphatic imine (C=N–C) groups is 1. The van der Waals surface area contributed by atoms with Crippen molar-refractivity contribution in [3.63, 3.8) is 0 Å². The lowest BCUT2D eigenvalue weighted by atomic mass is 10.0. The van der Waals surface area contributed by atoms with Crippen molar-refractivity contribution < 1.29 is 4.42 Å². The Morgan fingerprint density at radius 1 is 1.27 bits per heavy atom. The Morgan fingerprint density at radius 2 is 2.08 bits per heavy atom. The molecule has 6 heteroatoms. The molecule has 2 N–H and O–H groups in total. The Morgan fingerprint density at radius 3 is 2.77 bits per heavy atom. The first-order valence-corrected chi connectivity index (χ1v) is 9.06. The molecule has 26 heavy (non-hydrogen) atoms. The summed E-state index contributed by atoms with van der Waals surface area (Å²) in [6, 6.07) is 13.1. The normalized spacial score (nSPS) is 17.5. The van der Waals surface area contributed by atoms with Gasteiger partial charge < -0.3 is 20.0 Å². The third kappa shape index (κ3) is 5.93. The second-order valence-corrected chi connectivity index (χ2v) is 6.59. The maximum atomic E-state index is 5.36. The van der Waals surface area contributed by atoms with Gasteiger partial charge in [-0.05, 0) is 44.0 Å². The topological polar surface area (TPSA) is 52.8 Å². The molecule has 1 saturated heterocycles. The summed E-state index contributed by atoms with van der Waals surface area (Å²) in [5, 5.41) is 6.94. The van der Waals surface area contributed by atoms with Crippen LogP contribution in [-0.2, 0) is 6.42 Å². The summed E-state index contributed by atoms with van der Waals surface area (Å²) in [6.07, 6.45) is 4.92. The van der Waals surface area contributed by atoms with Gasteiger partial charge >= 0.3 is 0 Å². The number of rotatable bonds is 5. The van der Waals surface area contributed by atoms with Crippen molar-refractivity contribution in [1.29, 1.82) is 0 Å². The average Bonchev–Trinajstić information content (AvgIpc) is 3.15. The Labute approximate surface area is 173 Å². The number of aryl methyl sites for hydroxylation is 1. The molecule has 1 aromatic carbocycles. The van der Waals surface area contributed by atoms with Gasteiger partial charge in [-0.15, -0.1) is 24.0 Å². The molecule has 5 nitrogen and oxygen atoms in total. The van der Waals surface area contributed by atoms with Crippen molar-refractivity contribution in [2.24, 2.45) is 4.99 Å². The average molecular weight is 468 g/mol. The molecule has 0 radical (unpaired) electrons. The van der Waals surface area contributed by atoms with Crippen molar-refractivity contribution in [2.75, 3.05) is 31.6 Å². The maximum Gasteiger partial charge on any atom is 0.191 e. The van der Waals surface area contributed by atoms with E-state index in [4.69, 9.17) is 4.42 Å². The Bertz CT molecular complexity index is 670. The summed E-state index contributed by atoms with van der Waals surface area (Å²) in [5.74, 6) is 1.86. The lowest BCUT2D eigenvalue weighted by Crippen LogP contribution is -2.51. The van der Waals surface area contributed by atoms with Crippen LogP contribution in [0.15, 0.2) is 52.1 Å². The lowest BCUT2D eigenvalue weighted by Gasteiger charge is -2.35. The maximum absolute atomic E-state index is 5.36. The molecule has 1 aromatic heterocycles. The Hall–Kier alpha value is -1.70. The van der Waals surface area contributed by atoms with Gasteiger partial charge in [0, 0.05) is 44.8 Å². The summed E-state index contributed by atoms with van der Waals surface area (Å²) < 4.78 is 5.36. The molecule has 0 amide bonds. The van der Waals surface area contributed by atoms with Crippen LogP contribution in [0.5, 0.6) is 0 Å². The molecular weight excluding hydrogens is 439 g/mol. The highest BCUT2D eigenvalue weighted by molar-refractivity contribution is 14.0. The van der Waals surface area contributed by atoms with Crippen molar-refractivity contribution in [3.05, 3.63) is 54.0 Å². The molecule has 0 spiro atoms. The molecule has 1 atom stereocenters. The SMILES string of the molecule is CN=C(NCCc1ccco1)NC1CCCN(c2ccc(C)cc2)C1.I. The van der Waals surface area contributed by atoms with Crippen molar-refractivity contribution >= 4 is 35.6 Å². The first-order chi connectivity index (χ1) is 12.2. The van der Waals surface area contributed by atoms with Gasteiger partial charge in [-0.1, -0.05) is 17.7 Å². The van der Waals surface area contributed by atoms with Gasteiger partial charge in [0.05, 0.1) is 6.26 Å². The molecule has 142 valence electrons. The smallest absolute Gasteiger partial charge is 0.191 e. The lowest BCUT2D eigenvalue weighted by molar-refractivity contribution is 0.466. The van der Waals surface area contributed by atoms with E-state index in [2.05, 4.69) is 51.7 Å². The fraction of sp³-hybridized carbons (Fsp3) is 0.450. The summed E-state index contributed by atoms with van der Waals surface area (Å²) in [4.78, 5) is 6.81. The van der Waals surface area contributed by atoms with Gasteiger partial charge in [0.25, 0.3) is 0 Å². The van der Waals surface area contributed by atoms with E-state index in [9.17, 15) is 0 Å². The standard InChI is InChI=1S/C20H28N4O.HI/c1-16-7-9-18(10-8-16)24-13-3-5-17(15-24)23-20(21-2)22-12-11-19-6-4-14-25-19;/h4,6-10,14,17H,3,5,11-13,15H2,1-2H3,(H2,21,22,23);1H. The monoisotopic (exact) mass is 468 g/mol. The minimum Gasteiger partial charge on any atom is -0.469 e. The van der Waals surface area contributed by atoms with Crippen LogP contribution < -0.4 is 15.5 Å². The molecule has 0 bridgehead atoms. The third-order valence-corrected chi connectivity index (χ3v) is 4.63. The fourth-order valence-electron chi connectivity index (χ4n) is 3.23. The van der Waals surface area contributed by atoms with Crippen LogP contribution in [0.4, 0.5) is 5.69 Å². The Balaban J connectivity index is 0.00000243. The van der Waals surface area contributed by atoms with E-state index in [0.29, 0.717) is 6.04 Å². The molecule has 0 aliphatic carbocycles. The van der Waals surface area contributed by atoms with Crippen LogP contribution in [0.3, 0.4) is 0 Å². The van der Waals surface area contributed by atoms with Gasteiger partial charge in [-0.2, -0.15) is 0 Å². The van der Waals surface area contributed by atoms with Gasteiger partial charge in [-0.25, -0.2) is 0 Å². The summed E-state index contributed by atoms with van der Waals surface area (Å²) in [5.41, 5.74) is 2.61. The molecule has 1 fully saturated rings. The van der Waals surface area contributed by atoms with E-state index in [1.165, 1.54) is 24.1 Å².